The first-order chi connectivity index (χ1) is 16.4. The molecule has 2 rings (SSSR count). The third-order valence-corrected chi connectivity index (χ3v) is 4.30. The normalized spacial score (nSPS) is 11.7. The van der Waals surface area contributed by atoms with Gasteiger partial charge in [0, 0.05) is 52.2 Å². The number of rotatable bonds is 10. The number of nitrogens with one attached hydrogen (secondary N) is 1. The van der Waals surface area contributed by atoms with E-state index in [9.17, 15) is 13.6 Å². The SMILES string of the molecule is C=N/C=C(\C=C/C)c1cc(C(=O)Nc2ccc(OC(F)(F)Cl)cc2)cnc1N(N=C(C)C)C(=C)C. The number of amides is 1. The van der Waals surface area contributed by atoms with Crippen LogP contribution in [0.1, 0.15) is 43.6 Å². The Hall–Kier alpha value is -3.85. The smallest absolute Gasteiger partial charge is 0.420 e. The maximum Gasteiger partial charge on any atom is 0.487 e. The van der Waals surface area contributed by atoms with E-state index >= 15 is 0 Å². The average Bonchev–Trinajstić information content (AvgIpc) is 2.77. The lowest BCUT2D eigenvalue weighted by Gasteiger charge is -2.22. The van der Waals surface area contributed by atoms with Crippen molar-refractivity contribution in [1.29, 1.82) is 0 Å². The van der Waals surface area contributed by atoms with Crippen LogP contribution < -0.4 is 15.1 Å². The van der Waals surface area contributed by atoms with Crippen LogP contribution in [0.3, 0.4) is 0 Å². The first-order valence-corrected chi connectivity index (χ1v) is 10.8. The van der Waals surface area contributed by atoms with E-state index in [1.807, 2.05) is 26.8 Å². The Labute approximate surface area is 208 Å². The van der Waals surface area contributed by atoms with Gasteiger partial charge >= 0.3 is 5.57 Å². The summed E-state index contributed by atoms with van der Waals surface area (Å²) >= 11 is 4.77. The Bertz CT molecular complexity index is 1180. The maximum atomic E-state index is 13.0. The summed E-state index contributed by atoms with van der Waals surface area (Å²) in [4.78, 5) is 21.3. The number of ether oxygens (including phenoxy) is 1. The minimum absolute atomic E-state index is 0.152. The molecule has 0 aliphatic carbocycles. The van der Waals surface area contributed by atoms with Crippen molar-refractivity contribution in [2.24, 2.45) is 10.1 Å². The second-order valence-corrected chi connectivity index (χ2v) is 7.92. The number of allylic oxidation sites excluding steroid dienone is 4. The molecule has 7 nitrogen and oxygen atoms in total. The van der Waals surface area contributed by atoms with E-state index in [0.717, 1.165) is 5.71 Å². The van der Waals surface area contributed by atoms with Gasteiger partial charge in [-0.2, -0.15) is 5.10 Å². The third-order valence-electron chi connectivity index (χ3n) is 4.22. The van der Waals surface area contributed by atoms with Crippen molar-refractivity contribution in [3.63, 3.8) is 0 Å². The molecule has 0 fully saturated rings. The highest BCUT2D eigenvalue weighted by Crippen LogP contribution is 2.30. The summed E-state index contributed by atoms with van der Waals surface area (Å²) in [5, 5.41) is 8.78. The predicted octanol–water partition coefficient (Wildman–Crippen LogP) is 6.86. The number of hydrogen-bond donors (Lipinski definition) is 1. The van der Waals surface area contributed by atoms with E-state index in [1.54, 1.807) is 30.3 Å². The van der Waals surface area contributed by atoms with Crippen LogP contribution in [0.15, 0.2) is 77.3 Å². The zero-order chi connectivity index (χ0) is 26.2. The highest BCUT2D eigenvalue weighted by Gasteiger charge is 2.27. The number of hydrazone groups is 1. The van der Waals surface area contributed by atoms with Crippen molar-refractivity contribution in [1.82, 2.24) is 4.98 Å². The number of hydrogen-bond acceptors (Lipinski definition) is 6. The lowest BCUT2D eigenvalue weighted by atomic mass is 10.0. The molecular weight excluding hydrogens is 476 g/mol. The minimum Gasteiger partial charge on any atom is -0.420 e. The number of halogens is 3. The summed E-state index contributed by atoms with van der Waals surface area (Å²) in [7, 11) is 0. The lowest BCUT2D eigenvalue weighted by Crippen LogP contribution is -2.19. The Morgan fingerprint density at radius 2 is 1.91 bits per heavy atom. The molecule has 0 saturated carbocycles. The molecule has 0 atom stereocenters. The van der Waals surface area contributed by atoms with Crippen LogP contribution in [-0.4, -0.2) is 28.9 Å². The lowest BCUT2D eigenvalue weighted by molar-refractivity contribution is -0.0964. The van der Waals surface area contributed by atoms with Gasteiger partial charge in [-0.15, -0.1) is 8.78 Å². The van der Waals surface area contributed by atoms with Crippen molar-refractivity contribution in [3.05, 3.63) is 78.3 Å². The Morgan fingerprint density at radius 1 is 1.26 bits per heavy atom. The van der Waals surface area contributed by atoms with Crippen LogP contribution >= 0.6 is 11.6 Å². The van der Waals surface area contributed by atoms with E-state index in [1.165, 1.54) is 30.5 Å². The van der Waals surface area contributed by atoms with Gasteiger partial charge in [-0.25, -0.2) is 9.99 Å². The molecule has 0 spiro atoms. The molecule has 1 N–H and O–H groups in total. The molecule has 0 bridgehead atoms. The third kappa shape index (κ3) is 8.15. The predicted molar refractivity (Wildman–Crippen MR) is 138 cm³/mol. The molecule has 0 saturated heterocycles. The zero-order valence-electron chi connectivity index (χ0n) is 19.8. The highest BCUT2D eigenvalue weighted by molar-refractivity contribution is 6.20. The highest BCUT2D eigenvalue weighted by atomic mass is 35.5. The summed E-state index contributed by atoms with van der Waals surface area (Å²) in [5.74, 6) is -0.169. The molecule has 2 aromatic rings. The van der Waals surface area contributed by atoms with Gasteiger partial charge in [-0.3, -0.25) is 9.79 Å². The van der Waals surface area contributed by atoms with Gasteiger partial charge in [0.05, 0.1) is 5.56 Å². The first kappa shape index (κ1) is 27.4. The van der Waals surface area contributed by atoms with Crippen molar-refractivity contribution < 1.29 is 18.3 Å². The molecule has 0 unspecified atom stereocenters. The zero-order valence-corrected chi connectivity index (χ0v) is 20.6. The quantitative estimate of drug-likeness (QED) is 0.167. The standard InChI is InChI=1S/C25H26ClF2N5O2/c1-7-8-18(14-29-6)22-13-19(15-30-23(22)33(17(4)5)32-16(2)3)24(34)31-20-9-11-21(12-10-20)35-25(26,27)28/h7-15H,4,6H2,1-3,5H3,(H,31,34)/b8-7-,18-14+. The molecule has 0 radical (unpaired) electrons. The van der Waals surface area contributed by atoms with Crippen molar-refractivity contribution in [3.8, 4) is 5.75 Å². The molecule has 1 heterocycles. The number of aromatic nitrogens is 1. The second-order valence-electron chi connectivity index (χ2n) is 7.48. The van der Waals surface area contributed by atoms with E-state index in [4.69, 9.17) is 11.6 Å². The molecule has 0 aliphatic rings. The molecule has 1 aromatic heterocycles. The van der Waals surface area contributed by atoms with Gasteiger partial charge in [-0.05, 0) is 64.7 Å². The number of anilines is 2. The molecule has 184 valence electrons. The summed E-state index contributed by atoms with van der Waals surface area (Å²) in [6.45, 7) is 14.8. The Kier molecular flexibility index (Phi) is 9.42. The summed E-state index contributed by atoms with van der Waals surface area (Å²) in [6, 6.07) is 6.99. The van der Waals surface area contributed by atoms with Crippen LogP contribution in [0.25, 0.3) is 5.57 Å². The van der Waals surface area contributed by atoms with Crippen LogP contribution in [0, 0.1) is 0 Å². The molecular formula is C25H26ClF2N5O2. The maximum absolute atomic E-state index is 13.0. The fourth-order valence-corrected chi connectivity index (χ4v) is 2.99. The van der Waals surface area contributed by atoms with Crippen molar-refractivity contribution >= 4 is 47.0 Å². The fraction of sp³-hybridized carbons (Fsp3) is 0.200. The molecule has 1 aromatic carbocycles. The Morgan fingerprint density at radius 3 is 2.43 bits per heavy atom. The number of alkyl halides is 3. The van der Waals surface area contributed by atoms with Crippen LogP contribution in [0.5, 0.6) is 5.75 Å². The monoisotopic (exact) mass is 501 g/mol. The number of carbonyl (C=O) groups is 1. The van der Waals surface area contributed by atoms with Gasteiger partial charge in [0.25, 0.3) is 5.91 Å². The number of nitrogens with zero attached hydrogens (tertiary/aromatic N) is 4. The first-order valence-electron chi connectivity index (χ1n) is 10.4. The van der Waals surface area contributed by atoms with Crippen molar-refractivity contribution in [2.45, 2.75) is 33.3 Å². The molecule has 0 aliphatic heterocycles. The van der Waals surface area contributed by atoms with Crippen LogP contribution in [0.2, 0.25) is 0 Å². The number of aliphatic imine (C=N–C) groups is 1. The fourth-order valence-electron chi connectivity index (χ4n) is 2.90. The van der Waals surface area contributed by atoms with Crippen LogP contribution in [-0.2, 0) is 0 Å². The molecule has 35 heavy (non-hydrogen) atoms. The summed E-state index contributed by atoms with van der Waals surface area (Å²) < 4.78 is 29.9. The minimum atomic E-state index is -3.83. The van der Waals surface area contributed by atoms with Gasteiger partial charge in [0.2, 0.25) is 0 Å². The second kappa shape index (κ2) is 12.0. The average molecular weight is 502 g/mol. The number of pyridine rings is 1. The number of benzene rings is 1. The summed E-state index contributed by atoms with van der Waals surface area (Å²) in [5.41, 5.74) is -0.603. The van der Waals surface area contributed by atoms with Crippen molar-refractivity contribution in [2.75, 3.05) is 10.3 Å². The van der Waals surface area contributed by atoms with Crippen LogP contribution in [0.4, 0.5) is 20.3 Å². The molecule has 1 amide bonds. The van der Waals surface area contributed by atoms with E-state index < -0.39 is 11.5 Å². The van der Waals surface area contributed by atoms with Gasteiger partial charge in [-0.1, -0.05) is 18.7 Å². The van der Waals surface area contributed by atoms with E-state index in [2.05, 4.69) is 38.4 Å². The van der Waals surface area contributed by atoms with E-state index in [-0.39, 0.29) is 11.3 Å². The van der Waals surface area contributed by atoms with Gasteiger partial charge in [0.1, 0.15) is 5.75 Å². The Balaban J connectivity index is 2.48. The summed E-state index contributed by atoms with van der Waals surface area (Å²) in [6.07, 6.45) is 6.58. The van der Waals surface area contributed by atoms with E-state index in [0.29, 0.717) is 28.3 Å². The largest absolute Gasteiger partial charge is 0.487 e. The molecule has 10 heteroatoms. The van der Waals surface area contributed by atoms with Gasteiger partial charge in [0.15, 0.2) is 5.82 Å². The topological polar surface area (TPSA) is 79.2 Å². The number of carbonyl (C=O) groups excluding carboxylic acids is 1. The van der Waals surface area contributed by atoms with Gasteiger partial charge < -0.3 is 10.1 Å².